The SMILES string of the molecule is Nc1nc(C2=C(O)C=CC(c3ccnc(N)c3F)N2)cc(N2CCOCC2)n1. The van der Waals surface area contributed by atoms with Crippen LogP contribution in [0.4, 0.5) is 22.0 Å². The standard InChI is InChI=1S/C18H20FN7O2/c19-15-10(3-4-22-17(15)20)11-1-2-13(27)16(23-11)12-9-14(25-18(21)24-12)26-5-7-28-8-6-26/h1-4,9,11,23,27H,5-8H2,(H2,20,22)(H2,21,24,25). The second-order valence-corrected chi connectivity index (χ2v) is 6.41. The predicted molar refractivity (Wildman–Crippen MR) is 103 cm³/mol. The summed E-state index contributed by atoms with van der Waals surface area (Å²) in [6.45, 7) is 2.55. The first-order valence-electron chi connectivity index (χ1n) is 8.78. The minimum absolute atomic E-state index is 0.0373. The van der Waals surface area contributed by atoms with Crippen LogP contribution in [-0.4, -0.2) is 46.4 Å². The lowest BCUT2D eigenvalue weighted by molar-refractivity contribution is 0.122. The van der Waals surface area contributed by atoms with Crippen LogP contribution >= 0.6 is 0 Å². The van der Waals surface area contributed by atoms with Gasteiger partial charge in [0.05, 0.1) is 24.9 Å². The number of dihydropyridines is 1. The summed E-state index contributed by atoms with van der Waals surface area (Å²) in [5.74, 6) is -0.120. The van der Waals surface area contributed by atoms with Crippen molar-refractivity contribution in [1.82, 2.24) is 20.3 Å². The number of nitrogen functional groups attached to an aromatic ring is 2. The van der Waals surface area contributed by atoms with Gasteiger partial charge in [0.1, 0.15) is 17.3 Å². The van der Waals surface area contributed by atoms with Crippen molar-refractivity contribution in [3.63, 3.8) is 0 Å². The lowest BCUT2D eigenvalue weighted by atomic mass is 10.0. The molecule has 0 bridgehead atoms. The van der Waals surface area contributed by atoms with E-state index in [2.05, 4.69) is 20.3 Å². The van der Waals surface area contributed by atoms with Crippen LogP contribution in [0.25, 0.3) is 5.70 Å². The number of anilines is 3. The van der Waals surface area contributed by atoms with E-state index >= 15 is 0 Å². The Morgan fingerprint density at radius 2 is 2.04 bits per heavy atom. The molecule has 1 atom stereocenters. The molecule has 0 saturated carbocycles. The Morgan fingerprint density at radius 1 is 1.25 bits per heavy atom. The molecule has 0 aliphatic carbocycles. The molecule has 0 radical (unpaired) electrons. The topological polar surface area (TPSA) is 135 Å². The molecule has 10 heteroatoms. The van der Waals surface area contributed by atoms with Gasteiger partial charge in [0, 0.05) is 30.9 Å². The summed E-state index contributed by atoms with van der Waals surface area (Å²) in [7, 11) is 0. The fourth-order valence-corrected chi connectivity index (χ4v) is 3.19. The maximum Gasteiger partial charge on any atom is 0.222 e. The van der Waals surface area contributed by atoms with Crippen LogP contribution in [0.2, 0.25) is 0 Å². The Kier molecular flexibility index (Phi) is 4.70. The fraction of sp³-hybridized carbons (Fsp3) is 0.278. The largest absolute Gasteiger partial charge is 0.506 e. The molecule has 2 aliphatic rings. The molecule has 0 aromatic carbocycles. The number of halogens is 1. The second-order valence-electron chi connectivity index (χ2n) is 6.41. The normalized spacial score (nSPS) is 19.6. The van der Waals surface area contributed by atoms with Crippen LogP contribution in [0.5, 0.6) is 0 Å². The second kappa shape index (κ2) is 7.31. The molecule has 9 nitrogen and oxygen atoms in total. The van der Waals surface area contributed by atoms with Gasteiger partial charge in [0.2, 0.25) is 5.95 Å². The summed E-state index contributed by atoms with van der Waals surface area (Å²) in [6, 6.07) is 2.70. The number of morpholine rings is 1. The van der Waals surface area contributed by atoms with Gasteiger partial charge >= 0.3 is 0 Å². The van der Waals surface area contributed by atoms with Crippen molar-refractivity contribution in [2.75, 3.05) is 42.7 Å². The maximum atomic E-state index is 14.4. The van der Waals surface area contributed by atoms with Crippen LogP contribution in [0.1, 0.15) is 17.3 Å². The van der Waals surface area contributed by atoms with Crippen LogP contribution < -0.4 is 21.7 Å². The number of pyridine rings is 1. The molecular weight excluding hydrogens is 365 g/mol. The molecule has 2 aromatic rings. The summed E-state index contributed by atoms with van der Waals surface area (Å²) >= 11 is 0. The van der Waals surface area contributed by atoms with E-state index in [-0.39, 0.29) is 17.5 Å². The number of aliphatic hydroxyl groups is 1. The Morgan fingerprint density at radius 3 is 2.82 bits per heavy atom. The van der Waals surface area contributed by atoms with Gasteiger partial charge in [-0.1, -0.05) is 6.08 Å². The minimum Gasteiger partial charge on any atom is -0.506 e. The smallest absolute Gasteiger partial charge is 0.222 e. The van der Waals surface area contributed by atoms with E-state index in [9.17, 15) is 9.50 Å². The molecule has 1 saturated heterocycles. The zero-order valence-electron chi connectivity index (χ0n) is 15.0. The van der Waals surface area contributed by atoms with Crippen LogP contribution in [0, 0.1) is 5.82 Å². The zero-order chi connectivity index (χ0) is 19.7. The van der Waals surface area contributed by atoms with Crippen molar-refractivity contribution in [2.45, 2.75) is 6.04 Å². The Hall–Kier alpha value is -3.40. The summed E-state index contributed by atoms with van der Waals surface area (Å²) in [5, 5.41) is 13.5. The van der Waals surface area contributed by atoms with E-state index in [1.165, 1.54) is 18.3 Å². The first-order chi connectivity index (χ1) is 13.5. The third-order valence-electron chi connectivity index (χ3n) is 4.60. The molecule has 0 amide bonds. The zero-order valence-corrected chi connectivity index (χ0v) is 15.0. The van der Waals surface area contributed by atoms with Gasteiger partial charge in [-0.3, -0.25) is 0 Å². The number of allylic oxidation sites excluding steroid dienone is 1. The molecular formula is C18H20FN7O2. The third kappa shape index (κ3) is 3.41. The Balaban J connectivity index is 1.67. The lowest BCUT2D eigenvalue weighted by Gasteiger charge is -2.29. The van der Waals surface area contributed by atoms with Crippen LogP contribution in [-0.2, 0) is 4.74 Å². The molecule has 1 unspecified atom stereocenters. The molecule has 28 heavy (non-hydrogen) atoms. The van der Waals surface area contributed by atoms with E-state index in [0.717, 1.165) is 0 Å². The van der Waals surface area contributed by atoms with E-state index in [0.29, 0.717) is 49.1 Å². The van der Waals surface area contributed by atoms with E-state index < -0.39 is 11.9 Å². The Labute approximate surface area is 160 Å². The summed E-state index contributed by atoms with van der Waals surface area (Å²) in [6.07, 6.45) is 4.55. The number of nitrogens with zero attached hydrogens (tertiary/aromatic N) is 4. The molecule has 146 valence electrons. The molecule has 0 spiro atoms. The number of hydrogen-bond donors (Lipinski definition) is 4. The minimum atomic E-state index is -0.610. The van der Waals surface area contributed by atoms with Crippen LogP contribution in [0.3, 0.4) is 0 Å². The summed E-state index contributed by atoms with van der Waals surface area (Å²) < 4.78 is 19.7. The molecule has 6 N–H and O–H groups in total. The number of aliphatic hydroxyl groups excluding tert-OH is 1. The highest BCUT2D eigenvalue weighted by Gasteiger charge is 2.24. The third-order valence-corrected chi connectivity index (χ3v) is 4.60. The lowest BCUT2D eigenvalue weighted by Crippen LogP contribution is -2.37. The van der Waals surface area contributed by atoms with Gasteiger partial charge < -0.3 is 31.5 Å². The van der Waals surface area contributed by atoms with Gasteiger partial charge in [0.25, 0.3) is 0 Å². The van der Waals surface area contributed by atoms with Crippen LogP contribution in [0.15, 0.2) is 36.2 Å². The number of nitrogens with two attached hydrogens (primary N) is 2. The van der Waals surface area contributed by atoms with Gasteiger partial charge in [-0.2, -0.15) is 4.98 Å². The summed E-state index contributed by atoms with van der Waals surface area (Å²) in [4.78, 5) is 14.3. The highest BCUT2D eigenvalue weighted by Crippen LogP contribution is 2.30. The average molecular weight is 385 g/mol. The van der Waals surface area contributed by atoms with Crippen molar-refractivity contribution in [3.05, 3.63) is 53.3 Å². The molecule has 4 heterocycles. The van der Waals surface area contributed by atoms with E-state index in [1.807, 2.05) is 4.90 Å². The summed E-state index contributed by atoms with van der Waals surface area (Å²) in [5.41, 5.74) is 12.5. The van der Waals surface area contributed by atoms with Crippen molar-refractivity contribution in [1.29, 1.82) is 0 Å². The highest BCUT2D eigenvalue weighted by molar-refractivity contribution is 5.70. The van der Waals surface area contributed by atoms with Gasteiger partial charge in [-0.25, -0.2) is 14.4 Å². The number of rotatable bonds is 3. The van der Waals surface area contributed by atoms with Crippen molar-refractivity contribution < 1.29 is 14.2 Å². The molecule has 1 fully saturated rings. The fourth-order valence-electron chi connectivity index (χ4n) is 3.19. The molecule has 2 aliphatic heterocycles. The maximum absolute atomic E-state index is 14.4. The Bertz CT molecular complexity index is 957. The van der Waals surface area contributed by atoms with Gasteiger partial charge in [-0.15, -0.1) is 0 Å². The average Bonchev–Trinajstić information content (AvgIpc) is 2.71. The van der Waals surface area contributed by atoms with E-state index in [1.54, 1.807) is 12.1 Å². The highest BCUT2D eigenvalue weighted by atomic mass is 19.1. The quantitative estimate of drug-likeness (QED) is 0.613. The first-order valence-corrected chi connectivity index (χ1v) is 8.78. The number of nitrogens with one attached hydrogen (secondary N) is 1. The number of aromatic nitrogens is 3. The van der Waals surface area contributed by atoms with Gasteiger partial charge in [-0.05, 0) is 12.1 Å². The monoisotopic (exact) mass is 385 g/mol. The molecule has 2 aromatic heterocycles. The number of ether oxygens (including phenoxy) is 1. The first kappa shape index (κ1) is 18.0. The number of hydrogen-bond acceptors (Lipinski definition) is 9. The van der Waals surface area contributed by atoms with Crippen molar-refractivity contribution in [2.24, 2.45) is 0 Å². The van der Waals surface area contributed by atoms with Crippen molar-refractivity contribution >= 4 is 23.3 Å². The van der Waals surface area contributed by atoms with E-state index in [4.69, 9.17) is 16.2 Å². The van der Waals surface area contributed by atoms with Crippen molar-refractivity contribution in [3.8, 4) is 0 Å². The van der Waals surface area contributed by atoms with Gasteiger partial charge in [0.15, 0.2) is 11.6 Å². The molecule has 4 rings (SSSR count). The predicted octanol–water partition coefficient (Wildman–Crippen LogP) is 1.14.